The average molecular weight is 240 g/mol. The van der Waals surface area contributed by atoms with E-state index in [-0.39, 0.29) is 0 Å². The van der Waals surface area contributed by atoms with Crippen molar-refractivity contribution in [2.45, 2.75) is 57.4 Å². The molecular weight excluding hydrogens is 222 g/mol. The van der Waals surface area contributed by atoms with Gasteiger partial charge in [-0.2, -0.15) is 0 Å². The van der Waals surface area contributed by atoms with Crippen molar-refractivity contribution in [1.29, 1.82) is 0 Å². The highest BCUT2D eigenvalue weighted by molar-refractivity contribution is 6.28. The summed E-state index contributed by atoms with van der Waals surface area (Å²) in [5.41, 5.74) is 0. The predicted octanol–water partition coefficient (Wildman–Crippen LogP) is 3.56. The van der Waals surface area contributed by atoms with Crippen LogP contribution < -0.4 is 0 Å². The molecule has 88 valence electrons. The van der Waals surface area contributed by atoms with Gasteiger partial charge in [0.15, 0.2) is 0 Å². The van der Waals surface area contributed by atoms with E-state index in [1.54, 1.807) is 0 Å². The van der Waals surface area contributed by atoms with Gasteiger partial charge in [-0.3, -0.25) is 4.57 Å². The molecule has 1 heterocycles. The van der Waals surface area contributed by atoms with E-state index in [0.29, 0.717) is 17.2 Å². The van der Waals surface area contributed by atoms with Crippen LogP contribution in [-0.4, -0.2) is 14.8 Å². The van der Waals surface area contributed by atoms with Crippen molar-refractivity contribution in [3.8, 4) is 0 Å². The number of hydrogen-bond donors (Lipinski definition) is 0. The molecule has 0 saturated heterocycles. The van der Waals surface area contributed by atoms with Gasteiger partial charge in [0, 0.05) is 12.0 Å². The number of halogens is 1. The van der Waals surface area contributed by atoms with E-state index in [0.717, 1.165) is 11.7 Å². The van der Waals surface area contributed by atoms with E-state index in [4.69, 9.17) is 11.6 Å². The SMILES string of the molecule is CC(C1CCCC1)n1c(Cl)nnc1C1CC1. The molecule has 1 aromatic heterocycles. The first-order chi connectivity index (χ1) is 7.77. The molecule has 2 fully saturated rings. The van der Waals surface area contributed by atoms with Crippen LogP contribution in [0.15, 0.2) is 0 Å². The zero-order valence-electron chi connectivity index (χ0n) is 9.69. The van der Waals surface area contributed by atoms with Crippen LogP contribution in [0, 0.1) is 5.92 Å². The minimum Gasteiger partial charge on any atom is -0.298 e. The second-order valence-corrected chi connectivity index (χ2v) is 5.59. The Labute approximate surface area is 101 Å². The molecule has 3 nitrogen and oxygen atoms in total. The number of aromatic nitrogens is 3. The lowest BCUT2D eigenvalue weighted by atomic mass is 9.99. The molecule has 0 aromatic carbocycles. The van der Waals surface area contributed by atoms with Crippen LogP contribution in [0.4, 0.5) is 0 Å². The summed E-state index contributed by atoms with van der Waals surface area (Å²) in [4.78, 5) is 0. The summed E-state index contributed by atoms with van der Waals surface area (Å²) in [6.45, 7) is 2.27. The quantitative estimate of drug-likeness (QED) is 0.808. The Balaban J connectivity index is 1.88. The summed E-state index contributed by atoms with van der Waals surface area (Å²) in [6, 6.07) is 0.473. The van der Waals surface area contributed by atoms with Crippen LogP contribution >= 0.6 is 11.6 Å². The van der Waals surface area contributed by atoms with Gasteiger partial charge in [-0.25, -0.2) is 0 Å². The lowest BCUT2D eigenvalue weighted by Crippen LogP contribution is -2.16. The van der Waals surface area contributed by atoms with E-state index in [1.807, 2.05) is 0 Å². The third-order valence-electron chi connectivity index (χ3n) is 4.11. The summed E-state index contributed by atoms with van der Waals surface area (Å²) >= 11 is 6.18. The van der Waals surface area contributed by atoms with E-state index in [1.165, 1.54) is 38.5 Å². The second-order valence-electron chi connectivity index (χ2n) is 5.26. The molecule has 1 aromatic rings. The molecule has 0 radical (unpaired) electrons. The highest BCUT2D eigenvalue weighted by Gasteiger charge is 2.33. The maximum Gasteiger partial charge on any atom is 0.225 e. The van der Waals surface area contributed by atoms with Crippen molar-refractivity contribution in [3.63, 3.8) is 0 Å². The van der Waals surface area contributed by atoms with Crippen molar-refractivity contribution >= 4 is 11.6 Å². The summed E-state index contributed by atoms with van der Waals surface area (Å²) in [6.07, 6.45) is 7.92. The Hall–Kier alpha value is -0.570. The normalized spacial score (nSPS) is 23.9. The van der Waals surface area contributed by atoms with Crippen LogP contribution in [0.5, 0.6) is 0 Å². The van der Waals surface area contributed by atoms with Crippen LogP contribution in [0.1, 0.15) is 63.2 Å². The van der Waals surface area contributed by atoms with Crippen molar-refractivity contribution in [3.05, 3.63) is 11.1 Å². The minimum absolute atomic E-state index is 0.473. The summed E-state index contributed by atoms with van der Waals surface area (Å²) in [5.74, 6) is 2.53. The fourth-order valence-electron chi connectivity index (χ4n) is 2.93. The lowest BCUT2D eigenvalue weighted by molar-refractivity contribution is 0.352. The first-order valence-corrected chi connectivity index (χ1v) is 6.75. The Bertz CT molecular complexity index is 378. The highest BCUT2D eigenvalue weighted by atomic mass is 35.5. The molecule has 16 heavy (non-hydrogen) atoms. The molecule has 4 heteroatoms. The molecular formula is C12H18ClN3. The van der Waals surface area contributed by atoms with Crippen molar-refractivity contribution < 1.29 is 0 Å². The monoisotopic (exact) mass is 239 g/mol. The first-order valence-electron chi connectivity index (χ1n) is 6.37. The molecule has 0 amide bonds. The minimum atomic E-state index is 0.473. The molecule has 0 aliphatic heterocycles. The summed E-state index contributed by atoms with van der Waals surface area (Å²) < 4.78 is 2.19. The Kier molecular flexibility index (Phi) is 2.66. The standard InChI is InChI=1S/C12H18ClN3/c1-8(9-4-2-3-5-9)16-11(10-6-7-10)14-15-12(16)13/h8-10H,2-7H2,1H3. The predicted molar refractivity (Wildman–Crippen MR) is 63.7 cm³/mol. The van der Waals surface area contributed by atoms with Crippen LogP contribution in [0.3, 0.4) is 0 Å². The van der Waals surface area contributed by atoms with E-state index in [9.17, 15) is 0 Å². The van der Waals surface area contributed by atoms with E-state index < -0.39 is 0 Å². The smallest absolute Gasteiger partial charge is 0.225 e. The van der Waals surface area contributed by atoms with E-state index in [2.05, 4.69) is 21.7 Å². The lowest BCUT2D eigenvalue weighted by Gasteiger charge is -2.22. The molecule has 3 rings (SSSR count). The topological polar surface area (TPSA) is 30.7 Å². The third kappa shape index (κ3) is 1.75. The molecule has 0 spiro atoms. The Morgan fingerprint density at radius 1 is 1.19 bits per heavy atom. The van der Waals surface area contributed by atoms with Gasteiger partial charge in [-0.05, 0) is 50.1 Å². The largest absolute Gasteiger partial charge is 0.298 e. The summed E-state index contributed by atoms with van der Waals surface area (Å²) in [7, 11) is 0. The van der Waals surface area contributed by atoms with Gasteiger partial charge in [0.1, 0.15) is 5.82 Å². The number of hydrogen-bond acceptors (Lipinski definition) is 2. The highest BCUT2D eigenvalue weighted by Crippen LogP contribution is 2.43. The Morgan fingerprint density at radius 2 is 1.88 bits per heavy atom. The van der Waals surface area contributed by atoms with Gasteiger partial charge in [-0.15, -0.1) is 10.2 Å². The van der Waals surface area contributed by atoms with Gasteiger partial charge < -0.3 is 0 Å². The molecule has 0 N–H and O–H groups in total. The fraction of sp³-hybridized carbons (Fsp3) is 0.833. The van der Waals surface area contributed by atoms with Gasteiger partial charge in [0.05, 0.1) is 0 Å². The molecule has 1 unspecified atom stereocenters. The Morgan fingerprint density at radius 3 is 2.50 bits per heavy atom. The van der Waals surface area contributed by atoms with Crippen LogP contribution in [-0.2, 0) is 0 Å². The average Bonchev–Trinajstić information content (AvgIpc) is 2.84. The van der Waals surface area contributed by atoms with Crippen LogP contribution in [0.2, 0.25) is 5.28 Å². The molecule has 1 atom stereocenters. The van der Waals surface area contributed by atoms with Gasteiger partial charge in [0.2, 0.25) is 5.28 Å². The van der Waals surface area contributed by atoms with Gasteiger partial charge in [0.25, 0.3) is 0 Å². The number of nitrogens with zero attached hydrogens (tertiary/aromatic N) is 3. The van der Waals surface area contributed by atoms with Gasteiger partial charge >= 0.3 is 0 Å². The van der Waals surface area contributed by atoms with E-state index >= 15 is 0 Å². The molecule has 0 bridgehead atoms. The molecule has 2 aliphatic carbocycles. The fourth-order valence-corrected chi connectivity index (χ4v) is 3.21. The van der Waals surface area contributed by atoms with Crippen molar-refractivity contribution in [1.82, 2.24) is 14.8 Å². The maximum atomic E-state index is 6.18. The maximum absolute atomic E-state index is 6.18. The van der Waals surface area contributed by atoms with Crippen molar-refractivity contribution in [2.24, 2.45) is 5.92 Å². The third-order valence-corrected chi connectivity index (χ3v) is 4.37. The van der Waals surface area contributed by atoms with Crippen LogP contribution in [0.25, 0.3) is 0 Å². The first kappa shape index (κ1) is 10.6. The van der Waals surface area contributed by atoms with Crippen molar-refractivity contribution in [2.75, 3.05) is 0 Å². The zero-order valence-corrected chi connectivity index (χ0v) is 10.5. The molecule has 2 aliphatic rings. The second kappa shape index (κ2) is 4.02. The summed E-state index contributed by atoms with van der Waals surface area (Å²) in [5, 5.41) is 8.88. The zero-order chi connectivity index (χ0) is 11.1. The van der Waals surface area contributed by atoms with Gasteiger partial charge in [-0.1, -0.05) is 12.8 Å². The molecule has 2 saturated carbocycles. The number of rotatable bonds is 3.